The third kappa shape index (κ3) is 1.86. The number of fused-ring (bicyclic) bond motifs is 1. The molecule has 0 spiro atoms. The summed E-state index contributed by atoms with van der Waals surface area (Å²) in [4.78, 5) is 11.4. The van der Waals surface area contributed by atoms with Crippen LogP contribution >= 0.6 is 0 Å². The number of hydrogen-bond acceptors (Lipinski definition) is 3. The first-order chi connectivity index (χ1) is 7.95. The topological polar surface area (TPSA) is 39.4 Å². The lowest BCUT2D eigenvalue weighted by atomic mass is 10.1. The van der Waals surface area contributed by atoms with Gasteiger partial charge in [-0.1, -0.05) is 6.07 Å². The number of alkyl halides is 3. The molecule has 0 aliphatic carbocycles. The molecule has 1 aromatic carbocycles. The lowest BCUT2D eigenvalue weighted by Gasteiger charge is -2.06. The Balaban J connectivity index is 2.77. The number of hydrogen-bond donors (Lipinski definition) is 0. The van der Waals surface area contributed by atoms with Gasteiger partial charge in [0, 0.05) is 5.39 Å². The van der Waals surface area contributed by atoms with E-state index in [2.05, 4.69) is 4.74 Å². The van der Waals surface area contributed by atoms with Crippen molar-refractivity contribution in [3.05, 3.63) is 35.6 Å². The molecule has 3 nitrogen and oxygen atoms in total. The molecule has 2 aromatic rings. The van der Waals surface area contributed by atoms with E-state index in [1.807, 2.05) is 0 Å². The first-order valence-electron chi connectivity index (χ1n) is 4.61. The molecule has 0 amide bonds. The number of rotatable bonds is 1. The molecule has 0 bridgehead atoms. The van der Waals surface area contributed by atoms with Crippen molar-refractivity contribution in [2.75, 3.05) is 7.11 Å². The Kier molecular flexibility index (Phi) is 2.57. The van der Waals surface area contributed by atoms with Gasteiger partial charge >= 0.3 is 12.1 Å². The van der Waals surface area contributed by atoms with E-state index in [0.717, 1.165) is 7.11 Å². The van der Waals surface area contributed by atoms with Crippen LogP contribution in [0, 0.1) is 0 Å². The summed E-state index contributed by atoms with van der Waals surface area (Å²) in [5.41, 5.74) is -1.14. The molecule has 2 rings (SSSR count). The van der Waals surface area contributed by atoms with Gasteiger partial charge in [0.2, 0.25) is 0 Å². The average Bonchev–Trinajstić information content (AvgIpc) is 2.70. The average molecular weight is 244 g/mol. The minimum atomic E-state index is -4.57. The van der Waals surface area contributed by atoms with Crippen molar-refractivity contribution < 1.29 is 27.1 Å². The van der Waals surface area contributed by atoms with Gasteiger partial charge in [0.15, 0.2) is 0 Å². The van der Waals surface area contributed by atoms with E-state index in [9.17, 15) is 18.0 Å². The molecule has 1 heterocycles. The Morgan fingerprint density at radius 2 is 2.06 bits per heavy atom. The third-order valence-electron chi connectivity index (χ3n) is 2.31. The van der Waals surface area contributed by atoms with Gasteiger partial charge in [-0.15, -0.1) is 0 Å². The molecular formula is C11H7F3O3. The standard InChI is InChI=1S/C11H7F3O3/c1-16-10(15)6-3-2-4-8-9(6)7(5-17-8)11(12,13)14/h2-5H,1H3. The van der Waals surface area contributed by atoms with Crippen LogP contribution in [0.2, 0.25) is 0 Å². The van der Waals surface area contributed by atoms with Crippen molar-refractivity contribution in [3.8, 4) is 0 Å². The van der Waals surface area contributed by atoms with E-state index in [4.69, 9.17) is 4.42 Å². The van der Waals surface area contributed by atoms with Crippen LogP contribution in [-0.4, -0.2) is 13.1 Å². The first kappa shape index (κ1) is 11.5. The molecule has 0 saturated heterocycles. The van der Waals surface area contributed by atoms with Crippen LogP contribution in [0.3, 0.4) is 0 Å². The van der Waals surface area contributed by atoms with Crippen molar-refractivity contribution in [2.24, 2.45) is 0 Å². The van der Waals surface area contributed by atoms with Gasteiger partial charge in [0.1, 0.15) is 17.4 Å². The minimum Gasteiger partial charge on any atom is -0.465 e. The van der Waals surface area contributed by atoms with Crippen LogP contribution in [0.15, 0.2) is 28.9 Å². The maximum Gasteiger partial charge on any atom is 0.420 e. The Labute approximate surface area is 93.8 Å². The SMILES string of the molecule is COC(=O)c1cccc2occ(C(F)(F)F)c12. The highest BCUT2D eigenvalue weighted by Crippen LogP contribution is 2.37. The Hall–Kier alpha value is -1.98. The van der Waals surface area contributed by atoms with E-state index < -0.39 is 17.7 Å². The fraction of sp³-hybridized carbons (Fsp3) is 0.182. The fourth-order valence-electron chi connectivity index (χ4n) is 1.58. The molecule has 0 N–H and O–H groups in total. The third-order valence-corrected chi connectivity index (χ3v) is 2.31. The molecule has 0 unspecified atom stereocenters. The highest BCUT2D eigenvalue weighted by atomic mass is 19.4. The number of methoxy groups -OCH3 is 1. The van der Waals surface area contributed by atoms with E-state index in [-0.39, 0.29) is 16.5 Å². The van der Waals surface area contributed by atoms with Crippen molar-refractivity contribution >= 4 is 16.9 Å². The second-order valence-electron chi connectivity index (χ2n) is 3.32. The van der Waals surface area contributed by atoms with Gasteiger partial charge in [-0.25, -0.2) is 4.79 Å². The predicted octanol–water partition coefficient (Wildman–Crippen LogP) is 3.24. The fourth-order valence-corrected chi connectivity index (χ4v) is 1.58. The summed E-state index contributed by atoms with van der Waals surface area (Å²) in [7, 11) is 1.11. The predicted molar refractivity (Wildman–Crippen MR) is 52.6 cm³/mol. The highest BCUT2D eigenvalue weighted by Gasteiger charge is 2.36. The van der Waals surface area contributed by atoms with Crippen molar-refractivity contribution in [2.45, 2.75) is 6.18 Å². The van der Waals surface area contributed by atoms with E-state index in [1.165, 1.54) is 18.2 Å². The normalized spacial score (nSPS) is 11.8. The molecule has 0 saturated carbocycles. The molecule has 0 aliphatic rings. The summed E-state index contributed by atoms with van der Waals surface area (Å²) in [6, 6.07) is 4.05. The second-order valence-corrected chi connectivity index (χ2v) is 3.32. The van der Waals surface area contributed by atoms with Crippen LogP contribution in [-0.2, 0) is 10.9 Å². The molecule has 90 valence electrons. The summed E-state index contributed by atoms with van der Waals surface area (Å²) in [6.07, 6.45) is -3.98. The Bertz CT molecular complexity index is 569. The number of esters is 1. The van der Waals surface area contributed by atoms with Crippen LogP contribution in [0.25, 0.3) is 11.0 Å². The highest BCUT2D eigenvalue weighted by molar-refractivity contribution is 6.04. The summed E-state index contributed by atoms with van der Waals surface area (Å²) < 4.78 is 47.3. The van der Waals surface area contributed by atoms with Gasteiger partial charge in [-0.3, -0.25) is 0 Å². The van der Waals surface area contributed by atoms with Gasteiger partial charge in [0.05, 0.1) is 12.7 Å². The number of carbonyl (C=O) groups excluding carboxylic acids is 1. The summed E-state index contributed by atoms with van der Waals surface area (Å²) in [5.74, 6) is -0.831. The van der Waals surface area contributed by atoms with Crippen LogP contribution in [0.1, 0.15) is 15.9 Å². The summed E-state index contributed by atoms with van der Waals surface area (Å²) >= 11 is 0. The quantitative estimate of drug-likeness (QED) is 0.723. The molecule has 6 heteroatoms. The van der Waals surface area contributed by atoms with E-state index in [0.29, 0.717) is 6.26 Å². The zero-order chi connectivity index (χ0) is 12.6. The molecule has 17 heavy (non-hydrogen) atoms. The van der Waals surface area contributed by atoms with Crippen LogP contribution in [0.4, 0.5) is 13.2 Å². The molecule has 0 radical (unpaired) electrons. The van der Waals surface area contributed by atoms with Crippen molar-refractivity contribution in [3.63, 3.8) is 0 Å². The van der Waals surface area contributed by atoms with Crippen molar-refractivity contribution in [1.82, 2.24) is 0 Å². The van der Waals surface area contributed by atoms with Crippen LogP contribution in [0.5, 0.6) is 0 Å². The molecule has 0 atom stereocenters. The second kappa shape index (κ2) is 3.80. The summed E-state index contributed by atoms with van der Waals surface area (Å²) in [5, 5.41) is -0.271. The maximum atomic E-state index is 12.7. The minimum absolute atomic E-state index is 0.000208. The zero-order valence-corrected chi connectivity index (χ0v) is 8.67. The van der Waals surface area contributed by atoms with Crippen LogP contribution < -0.4 is 0 Å². The lowest BCUT2D eigenvalue weighted by Crippen LogP contribution is -2.07. The molecule has 1 aromatic heterocycles. The Morgan fingerprint density at radius 1 is 1.35 bits per heavy atom. The molecule has 0 fully saturated rings. The monoisotopic (exact) mass is 244 g/mol. The molecular weight excluding hydrogens is 237 g/mol. The largest absolute Gasteiger partial charge is 0.465 e. The van der Waals surface area contributed by atoms with Crippen molar-refractivity contribution in [1.29, 1.82) is 0 Å². The smallest absolute Gasteiger partial charge is 0.420 e. The number of carbonyl (C=O) groups is 1. The number of furan rings is 1. The maximum absolute atomic E-state index is 12.7. The number of halogens is 3. The van der Waals surface area contributed by atoms with Gasteiger partial charge in [-0.05, 0) is 12.1 Å². The van der Waals surface area contributed by atoms with E-state index in [1.54, 1.807) is 0 Å². The zero-order valence-electron chi connectivity index (χ0n) is 8.67. The van der Waals surface area contributed by atoms with Gasteiger partial charge in [-0.2, -0.15) is 13.2 Å². The van der Waals surface area contributed by atoms with Gasteiger partial charge < -0.3 is 9.15 Å². The van der Waals surface area contributed by atoms with Gasteiger partial charge in [0.25, 0.3) is 0 Å². The Morgan fingerprint density at radius 3 is 2.65 bits per heavy atom. The van der Waals surface area contributed by atoms with E-state index >= 15 is 0 Å². The number of benzene rings is 1. The molecule has 0 aliphatic heterocycles. The first-order valence-corrected chi connectivity index (χ1v) is 4.61. The number of ether oxygens (including phenoxy) is 1. The lowest BCUT2D eigenvalue weighted by molar-refractivity contribution is -0.136. The summed E-state index contributed by atoms with van der Waals surface area (Å²) in [6.45, 7) is 0.